The van der Waals surface area contributed by atoms with Crippen LogP contribution in [-0.4, -0.2) is 37.9 Å². The number of hydrogen-bond donors (Lipinski definition) is 0. The molecule has 0 bridgehead atoms. The van der Waals surface area contributed by atoms with Crippen LogP contribution < -0.4 is 0 Å². The lowest BCUT2D eigenvalue weighted by atomic mass is 10.1. The van der Waals surface area contributed by atoms with Gasteiger partial charge >= 0.3 is 11.9 Å². The molecule has 0 N–H and O–H groups in total. The van der Waals surface area contributed by atoms with Crippen molar-refractivity contribution in [3.05, 3.63) is 85.1 Å². The molecule has 284 valence electrons. The van der Waals surface area contributed by atoms with E-state index in [1.165, 1.54) is 25.7 Å². The van der Waals surface area contributed by atoms with E-state index in [0.29, 0.717) is 19.4 Å². The molecular weight excluding hydrogens is 620 g/mol. The molecule has 0 radical (unpaired) electrons. The van der Waals surface area contributed by atoms with Gasteiger partial charge in [-0.15, -0.1) is 0 Å². The van der Waals surface area contributed by atoms with Crippen molar-refractivity contribution >= 4 is 11.9 Å². The standard InChI is InChI=1S/C45H74O5/c1-4-7-10-13-16-18-20-22-24-26-28-31-34-37-40-48-41-43(50-45(47)39-36-33-29-15-12-9-6-3)42-49-44(46)38-35-32-30-27-25-23-21-19-17-14-11-8-5-2/h7-8,10-11,16-19,22-25,28,31,43H,4-6,9,12-15,20-21,26-27,29-30,32-42H2,1-3H3/b10-7-,11-8-,18-16-,19-17-,24-22-,25-23-,31-28-. The molecule has 0 aromatic rings. The van der Waals surface area contributed by atoms with Crippen molar-refractivity contribution in [2.75, 3.05) is 19.8 Å². The molecule has 0 aliphatic carbocycles. The van der Waals surface area contributed by atoms with Crippen molar-refractivity contribution in [2.45, 2.75) is 168 Å². The van der Waals surface area contributed by atoms with Gasteiger partial charge in [0.1, 0.15) is 6.61 Å². The van der Waals surface area contributed by atoms with Gasteiger partial charge in [-0.1, -0.05) is 151 Å². The Labute approximate surface area is 308 Å². The zero-order valence-corrected chi connectivity index (χ0v) is 32.4. The average molecular weight is 695 g/mol. The lowest BCUT2D eigenvalue weighted by Crippen LogP contribution is -2.30. The largest absolute Gasteiger partial charge is 0.462 e. The number of unbranched alkanes of at least 4 members (excludes halogenated alkanes) is 10. The van der Waals surface area contributed by atoms with Gasteiger partial charge in [0.05, 0.1) is 6.61 Å². The topological polar surface area (TPSA) is 61.8 Å². The smallest absolute Gasteiger partial charge is 0.306 e. The van der Waals surface area contributed by atoms with E-state index in [4.69, 9.17) is 14.2 Å². The Hall–Kier alpha value is -2.92. The van der Waals surface area contributed by atoms with E-state index in [2.05, 4.69) is 106 Å². The number of rotatable bonds is 35. The van der Waals surface area contributed by atoms with Gasteiger partial charge in [0.2, 0.25) is 0 Å². The first-order chi connectivity index (χ1) is 24.6. The van der Waals surface area contributed by atoms with Crippen molar-refractivity contribution in [3.63, 3.8) is 0 Å². The molecule has 0 spiro atoms. The van der Waals surface area contributed by atoms with Crippen LogP contribution in [0.1, 0.15) is 162 Å². The molecule has 0 aromatic carbocycles. The number of carbonyl (C=O) groups is 2. The zero-order chi connectivity index (χ0) is 36.4. The summed E-state index contributed by atoms with van der Waals surface area (Å²) < 4.78 is 17.1. The summed E-state index contributed by atoms with van der Waals surface area (Å²) in [5.74, 6) is -0.477. The number of allylic oxidation sites excluding steroid dienone is 14. The molecule has 0 fully saturated rings. The highest BCUT2D eigenvalue weighted by molar-refractivity contribution is 5.70. The van der Waals surface area contributed by atoms with Gasteiger partial charge in [-0.3, -0.25) is 9.59 Å². The quantitative estimate of drug-likeness (QED) is 0.0375. The van der Waals surface area contributed by atoms with Gasteiger partial charge in [0.25, 0.3) is 0 Å². The number of esters is 2. The fourth-order valence-electron chi connectivity index (χ4n) is 5.00. The van der Waals surface area contributed by atoms with Crippen LogP contribution in [-0.2, 0) is 23.8 Å². The molecule has 0 amide bonds. The lowest BCUT2D eigenvalue weighted by molar-refractivity contribution is -0.163. The molecule has 1 unspecified atom stereocenters. The Kier molecular flexibility index (Phi) is 38.1. The van der Waals surface area contributed by atoms with Gasteiger partial charge in [-0.05, 0) is 83.5 Å². The third kappa shape index (κ3) is 37.9. The summed E-state index contributed by atoms with van der Waals surface area (Å²) >= 11 is 0. The highest BCUT2D eigenvalue weighted by Crippen LogP contribution is 2.11. The third-order valence-electron chi connectivity index (χ3n) is 7.93. The normalized spacial score (nSPS) is 13.1. The van der Waals surface area contributed by atoms with Crippen molar-refractivity contribution in [2.24, 2.45) is 0 Å². The van der Waals surface area contributed by atoms with Crippen LogP contribution >= 0.6 is 0 Å². The summed E-state index contributed by atoms with van der Waals surface area (Å²) in [7, 11) is 0. The van der Waals surface area contributed by atoms with Gasteiger partial charge < -0.3 is 14.2 Å². The maximum absolute atomic E-state index is 12.6. The average Bonchev–Trinajstić information content (AvgIpc) is 3.11. The molecule has 50 heavy (non-hydrogen) atoms. The minimum absolute atomic E-state index is 0.0446. The number of ether oxygens (including phenoxy) is 3. The predicted octanol–water partition coefficient (Wildman–Crippen LogP) is 13.0. The second-order valence-corrected chi connectivity index (χ2v) is 12.8. The Morgan fingerprint density at radius 1 is 0.460 bits per heavy atom. The second kappa shape index (κ2) is 40.5. The zero-order valence-electron chi connectivity index (χ0n) is 32.4. The van der Waals surface area contributed by atoms with Crippen LogP contribution in [0.15, 0.2) is 85.1 Å². The Balaban J connectivity index is 4.35. The van der Waals surface area contributed by atoms with Crippen molar-refractivity contribution in [3.8, 4) is 0 Å². The Bertz CT molecular complexity index is 968. The maximum Gasteiger partial charge on any atom is 0.306 e. The molecule has 0 aromatic heterocycles. The van der Waals surface area contributed by atoms with E-state index >= 15 is 0 Å². The van der Waals surface area contributed by atoms with Gasteiger partial charge in [0, 0.05) is 19.4 Å². The molecular formula is C45H74O5. The van der Waals surface area contributed by atoms with Crippen LogP contribution in [0.4, 0.5) is 0 Å². The summed E-state index contributed by atoms with van der Waals surface area (Å²) in [6.45, 7) is 7.36. The maximum atomic E-state index is 12.6. The Morgan fingerprint density at radius 3 is 1.44 bits per heavy atom. The summed E-state index contributed by atoms with van der Waals surface area (Å²) in [4.78, 5) is 25.0. The predicted molar refractivity (Wildman–Crippen MR) is 214 cm³/mol. The minimum atomic E-state index is -0.574. The van der Waals surface area contributed by atoms with Crippen LogP contribution in [0, 0.1) is 0 Å². The summed E-state index contributed by atoms with van der Waals surface area (Å²) in [6.07, 6.45) is 51.7. The van der Waals surface area contributed by atoms with Crippen LogP contribution in [0.3, 0.4) is 0 Å². The molecule has 1 atom stereocenters. The first-order valence-electron chi connectivity index (χ1n) is 20.1. The minimum Gasteiger partial charge on any atom is -0.462 e. The fraction of sp³-hybridized carbons (Fsp3) is 0.644. The summed E-state index contributed by atoms with van der Waals surface area (Å²) in [5.41, 5.74) is 0. The molecule has 0 saturated carbocycles. The third-order valence-corrected chi connectivity index (χ3v) is 7.93. The second-order valence-electron chi connectivity index (χ2n) is 12.8. The van der Waals surface area contributed by atoms with E-state index < -0.39 is 6.10 Å². The Morgan fingerprint density at radius 2 is 0.900 bits per heavy atom. The first-order valence-corrected chi connectivity index (χ1v) is 20.1. The van der Waals surface area contributed by atoms with Crippen molar-refractivity contribution in [1.29, 1.82) is 0 Å². The van der Waals surface area contributed by atoms with Crippen LogP contribution in [0.5, 0.6) is 0 Å². The number of hydrogen-bond acceptors (Lipinski definition) is 5. The first kappa shape index (κ1) is 47.1. The molecule has 0 aliphatic heterocycles. The van der Waals surface area contributed by atoms with E-state index in [0.717, 1.165) is 103 Å². The van der Waals surface area contributed by atoms with Crippen molar-refractivity contribution in [1.82, 2.24) is 0 Å². The van der Waals surface area contributed by atoms with Gasteiger partial charge in [0.15, 0.2) is 6.10 Å². The van der Waals surface area contributed by atoms with Crippen LogP contribution in [0.25, 0.3) is 0 Å². The summed E-state index contributed by atoms with van der Waals surface area (Å²) in [6, 6.07) is 0. The highest BCUT2D eigenvalue weighted by Gasteiger charge is 2.17. The van der Waals surface area contributed by atoms with Crippen LogP contribution in [0.2, 0.25) is 0 Å². The van der Waals surface area contributed by atoms with Gasteiger partial charge in [-0.2, -0.15) is 0 Å². The molecule has 0 saturated heterocycles. The van der Waals surface area contributed by atoms with E-state index in [1.54, 1.807) is 0 Å². The highest BCUT2D eigenvalue weighted by atomic mass is 16.6. The van der Waals surface area contributed by atoms with Gasteiger partial charge in [-0.25, -0.2) is 0 Å². The fourth-order valence-corrected chi connectivity index (χ4v) is 5.00. The molecule has 5 heteroatoms. The molecule has 0 aliphatic rings. The molecule has 0 heterocycles. The van der Waals surface area contributed by atoms with E-state index in [-0.39, 0.29) is 25.2 Å². The molecule has 5 nitrogen and oxygen atoms in total. The number of carbonyl (C=O) groups excluding carboxylic acids is 2. The van der Waals surface area contributed by atoms with Crippen molar-refractivity contribution < 1.29 is 23.8 Å². The SMILES string of the molecule is CC/C=C\C/C=C\C/C=C\C/C=C\CCCOCC(COC(=O)CCCCC/C=C\C/C=C\C/C=C\CC)OC(=O)CCCCCCCCC. The molecule has 0 rings (SSSR count). The lowest BCUT2D eigenvalue weighted by Gasteiger charge is -2.18. The monoisotopic (exact) mass is 695 g/mol. The summed E-state index contributed by atoms with van der Waals surface area (Å²) in [5, 5.41) is 0. The van der Waals surface area contributed by atoms with E-state index in [1.807, 2.05) is 0 Å². The van der Waals surface area contributed by atoms with E-state index in [9.17, 15) is 9.59 Å².